The Bertz CT molecular complexity index is 939. The Kier molecular flexibility index (Phi) is 5.59. The van der Waals surface area contributed by atoms with E-state index in [9.17, 15) is 23.2 Å². The molecule has 0 bridgehead atoms. The van der Waals surface area contributed by atoms with E-state index < -0.39 is 35.2 Å². The van der Waals surface area contributed by atoms with Crippen molar-refractivity contribution in [2.24, 2.45) is 0 Å². The summed E-state index contributed by atoms with van der Waals surface area (Å²) in [5.74, 6) is -3.75. The van der Waals surface area contributed by atoms with Gasteiger partial charge in [0.15, 0.2) is 0 Å². The van der Waals surface area contributed by atoms with Crippen molar-refractivity contribution in [2.45, 2.75) is 13.0 Å². The summed E-state index contributed by atoms with van der Waals surface area (Å²) < 4.78 is 37.3. The normalized spacial score (nSPS) is 12.9. The van der Waals surface area contributed by atoms with Crippen LogP contribution >= 0.6 is 11.3 Å². The Morgan fingerprint density at radius 2 is 1.79 bits per heavy atom. The van der Waals surface area contributed by atoms with Crippen LogP contribution < -0.4 is 5.32 Å². The van der Waals surface area contributed by atoms with Crippen LogP contribution in [0.5, 0.6) is 0 Å². The average molecular weight is 410 g/mol. The monoisotopic (exact) mass is 410 g/mol. The van der Waals surface area contributed by atoms with Gasteiger partial charge in [-0.2, -0.15) is 0 Å². The van der Waals surface area contributed by atoms with Gasteiger partial charge in [0.25, 0.3) is 5.91 Å². The van der Waals surface area contributed by atoms with E-state index >= 15 is 0 Å². The summed E-state index contributed by atoms with van der Waals surface area (Å²) >= 11 is 1.04. The summed E-state index contributed by atoms with van der Waals surface area (Å²) in [6.45, 7) is 0.496. The predicted octanol–water partition coefficient (Wildman–Crippen LogP) is 3.19. The highest BCUT2D eigenvalue weighted by atomic mass is 32.1. The molecule has 1 aromatic heterocycles. The molecule has 2 heterocycles. The zero-order valence-corrected chi connectivity index (χ0v) is 15.8. The van der Waals surface area contributed by atoms with Gasteiger partial charge in [0.05, 0.1) is 26.3 Å². The molecule has 0 saturated carbocycles. The van der Waals surface area contributed by atoms with Crippen LogP contribution in [0.2, 0.25) is 0 Å². The second-order valence-corrected chi connectivity index (χ2v) is 7.00. The van der Waals surface area contributed by atoms with Gasteiger partial charge < -0.3 is 19.7 Å². The van der Waals surface area contributed by atoms with Crippen molar-refractivity contribution in [2.75, 3.05) is 26.1 Å². The van der Waals surface area contributed by atoms with E-state index in [-0.39, 0.29) is 17.1 Å². The van der Waals surface area contributed by atoms with Crippen molar-refractivity contribution < 1.29 is 32.6 Å². The number of carbonyl (C=O) groups excluding carboxylic acids is 3. The molecule has 0 spiro atoms. The van der Waals surface area contributed by atoms with Gasteiger partial charge in [-0.15, -0.1) is 11.3 Å². The SMILES string of the molecule is COC(=O)c1c(NC(=O)c2c(F)cccc2F)sc2c1CCN(C(=O)OC)C2. The lowest BCUT2D eigenvalue weighted by molar-refractivity contribution is 0.0600. The summed E-state index contributed by atoms with van der Waals surface area (Å²) in [6.07, 6.45) is -0.173. The first-order chi connectivity index (χ1) is 13.4. The van der Waals surface area contributed by atoms with Crippen LogP contribution in [0.25, 0.3) is 0 Å². The average Bonchev–Trinajstić information content (AvgIpc) is 3.03. The van der Waals surface area contributed by atoms with E-state index in [4.69, 9.17) is 9.47 Å². The van der Waals surface area contributed by atoms with Crippen LogP contribution in [0.15, 0.2) is 18.2 Å². The van der Waals surface area contributed by atoms with Gasteiger partial charge in [-0.1, -0.05) is 6.07 Å². The summed E-state index contributed by atoms with van der Waals surface area (Å²) in [7, 11) is 2.46. The first-order valence-corrected chi connectivity index (χ1v) is 9.00. The van der Waals surface area contributed by atoms with Crippen molar-refractivity contribution in [1.29, 1.82) is 0 Å². The van der Waals surface area contributed by atoms with E-state index in [1.54, 1.807) is 0 Å². The zero-order chi connectivity index (χ0) is 20.4. The number of rotatable bonds is 3. The number of anilines is 1. The molecule has 0 aliphatic carbocycles. The van der Waals surface area contributed by atoms with Gasteiger partial charge in [-0.25, -0.2) is 18.4 Å². The third-order valence-electron chi connectivity index (χ3n) is 4.30. The van der Waals surface area contributed by atoms with Gasteiger partial charge in [0.2, 0.25) is 0 Å². The number of hydrogen-bond acceptors (Lipinski definition) is 6. The molecule has 7 nitrogen and oxygen atoms in total. The Balaban J connectivity index is 1.97. The number of methoxy groups -OCH3 is 2. The van der Waals surface area contributed by atoms with Gasteiger partial charge in [0, 0.05) is 11.4 Å². The van der Waals surface area contributed by atoms with Crippen LogP contribution in [-0.2, 0) is 22.4 Å². The van der Waals surface area contributed by atoms with Crippen LogP contribution in [0.4, 0.5) is 18.6 Å². The van der Waals surface area contributed by atoms with Gasteiger partial charge in [-0.3, -0.25) is 4.79 Å². The van der Waals surface area contributed by atoms with Crippen LogP contribution in [-0.4, -0.2) is 43.6 Å². The number of hydrogen-bond donors (Lipinski definition) is 1. The molecule has 2 aromatic rings. The topological polar surface area (TPSA) is 84.9 Å². The molecule has 28 heavy (non-hydrogen) atoms. The van der Waals surface area contributed by atoms with Crippen molar-refractivity contribution in [3.05, 3.63) is 51.4 Å². The highest BCUT2D eigenvalue weighted by Crippen LogP contribution is 2.38. The molecule has 1 aromatic carbocycles. The highest BCUT2D eigenvalue weighted by Gasteiger charge is 2.31. The van der Waals surface area contributed by atoms with Crippen molar-refractivity contribution in [1.82, 2.24) is 4.90 Å². The number of halogens is 2. The number of esters is 1. The lowest BCUT2D eigenvalue weighted by Crippen LogP contribution is -2.35. The number of amides is 2. The smallest absolute Gasteiger partial charge is 0.409 e. The van der Waals surface area contributed by atoms with E-state index in [1.807, 2.05) is 0 Å². The largest absolute Gasteiger partial charge is 0.465 e. The third-order valence-corrected chi connectivity index (χ3v) is 5.43. The molecule has 3 rings (SSSR count). The lowest BCUT2D eigenvalue weighted by atomic mass is 10.0. The first kappa shape index (κ1) is 19.7. The molecule has 1 aliphatic heterocycles. The maximum atomic E-state index is 13.9. The maximum Gasteiger partial charge on any atom is 0.409 e. The predicted molar refractivity (Wildman–Crippen MR) is 96.5 cm³/mol. The number of carbonyl (C=O) groups is 3. The fraction of sp³-hybridized carbons (Fsp3) is 0.278. The molecule has 2 amide bonds. The molecule has 0 radical (unpaired) electrons. The van der Waals surface area contributed by atoms with Crippen LogP contribution in [0, 0.1) is 11.6 Å². The number of thiophene rings is 1. The van der Waals surface area contributed by atoms with E-state index in [1.165, 1.54) is 19.1 Å². The summed E-state index contributed by atoms with van der Waals surface area (Å²) in [5.41, 5.74) is -0.000651. The first-order valence-electron chi connectivity index (χ1n) is 8.18. The molecule has 10 heteroatoms. The molecular formula is C18H16F2N2O5S. The lowest BCUT2D eigenvalue weighted by Gasteiger charge is -2.25. The highest BCUT2D eigenvalue weighted by molar-refractivity contribution is 7.17. The minimum absolute atomic E-state index is 0.108. The quantitative estimate of drug-likeness (QED) is 0.786. The number of nitrogens with zero attached hydrogens (tertiary/aromatic N) is 1. The maximum absolute atomic E-state index is 13.9. The molecule has 1 aliphatic rings. The van der Waals surface area contributed by atoms with Gasteiger partial charge in [-0.05, 0) is 24.1 Å². The fourth-order valence-electron chi connectivity index (χ4n) is 2.97. The summed E-state index contributed by atoms with van der Waals surface area (Å²) in [4.78, 5) is 38.6. The van der Waals surface area contributed by atoms with E-state index in [0.717, 1.165) is 29.5 Å². The fourth-order valence-corrected chi connectivity index (χ4v) is 4.22. The van der Waals surface area contributed by atoms with Crippen LogP contribution in [0.1, 0.15) is 31.2 Å². The van der Waals surface area contributed by atoms with Crippen molar-refractivity contribution in [3.63, 3.8) is 0 Å². The van der Waals surface area contributed by atoms with E-state index in [0.29, 0.717) is 23.4 Å². The van der Waals surface area contributed by atoms with Crippen molar-refractivity contribution in [3.8, 4) is 0 Å². The Morgan fingerprint density at radius 1 is 1.11 bits per heavy atom. The van der Waals surface area contributed by atoms with Gasteiger partial charge in [0.1, 0.15) is 22.2 Å². The second-order valence-electron chi connectivity index (χ2n) is 5.89. The molecule has 0 atom stereocenters. The molecule has 0 saturated heterocycles. The molecule has 148 valence electrons. The summed E-state index contributed by atoms with van der Waals surface area (Å²) in [5, 5.41) is 2.51. The Hall–Kier alpha value is -3.01. The van der Waals surface area contributed by atoms with Crippen LogP contribution in [0.3, 0.4) is 0 Å². The minimum atomic E-state index is -1.02. The summed E-state index contributed by atoms with van der Waals surface area (Å²) in [6, 6.07) is 3.08. The molecular weight excluding hydrogens is 394 g/mol. The number of benzene rings is 1. The molecule has 0 unspecified atom stereocenters. The van der Waals surface area contributed by atoms with E-state index in [2.05, 4.69) is 5.32 Å². The molecule has 0 fully saturated rings. The number of ether oxygens (including phenoxy) is 2. The van der Waals surface area contributed by atoms with Crippen molar-refractivity contribution >= 4 is 34.3 Å². The molecule has 1 N–H and O–H groups in total. The minimum Gasteiger partial charge on any atom is -0.465 e. The van der Waals surface area contributed by atoms with Gasteiger partial charge >= 0.3 is 12.1 Å². The second kappa shape index (κ2) is 7.93. The standard InChI is InChI=1S/C18H16F2N2O5S/c1-26-17(24)13-9-6-7-22(18(25)27-2)8-12(9)28-16(13)21-15(23)14-10(19)4-3-5-11(14)20/h3-5H,6-8H2,1-2H3,(H,21,23). The number of nitrogens with one attached hydrogen (secondary N) is 1. The zero-order valence-electron chi connectivity index (χ0n) is 15.0. The Labute approximate surface area is 162 Å². The number of fused-ring (bicyclic) bond motifs is 1. The third kappa shape index (κ3) is 3.55. The Morgan fingerprint density at radius 3 is 2.39 bits per heavy atom.